The Balaban J connectivity index is -0.0000000933. The molecular weight excluding hydrogens is 136 g/mol. The Morgan fingerprint density at radius 1 is 0.909 bits per heavy atom. The van der Waals surface area contributed by atoms with E-state index in [4.69, 9.17) is 4.74 Å². The summed E-state index contributed by atoms with van der Waals surface area (Å²) in [6.07, 6.45) is 4.85. The van der Waals surface area contributed by atoms with Crippen LogP contribution in [0.25, 0.3) is 0 Å². The molecule has 0 amide bonds. The van der Waals surface area contributed by atoms with Gasteiger partial charge in [0.2, 0.25) is 0 Å². The van der Waals surface area contributed by atoms with Gasteiger partial charge in [0.25, 0.3) is 0 Å². The van der Waals surface area contributed by atoms with Gasteiger partial charge < -0.3 is 4.74 Å². The van der Waals surface area contributed by atoms with E-state index in [1.807, 2.05) is 47.6 Å². The minimum Gasteiger partial charge on any atom is -0.501 e. The lowest BCUT2D eigenvalue weighted by atomic mass is 10.5. The number of hydrogen-bond donors (Lipinski definition) is 0. The van der Waals surface area contributed by atoms with Crippen molar-refractivity contribution in [2.24, 2.45) is 0 Å². The summed E-state index contributed by atoms with van der Waals surface area (Å²) >= 11 is 0. The Labute approximate surface area is 72.5 Å². The molecule has 1 heterocycles. The van der Waals surface area contributed by atoms with E-state index in [1.54, 1.807) is 6.26 Å². The van der Waals surface area contributed by atoms with E-state index in [0.29, 0.717) is 0 Å². The van der Waals surface area contributed by atoms with Crippen molar-refractivity contribution >= 4 is 0 Å². The van der Waals surface area contributed by atoms with E-state index < -0.39 is 0 Å². The monoisotopic (exact) mass is 160 g/mol. The predicted molar refractivity (Wildman–Crippen MR) is 53.8 cm³/mol. The molecule has 1 rings (SSSR count). The standard InChI is InChI=1S/C4H6O.3C2H6/c1-2-4-5-3-1;3*1-2/h1,3H,2,4H2;3*1-2H3. The molecule has 0 spiro atoms. The van der Waals surface area contributed by atoms with Crippen LogP contribution in [0.2, 0.25) is 0 Å². The van der Waals surface area contributed by atoms with Gasteiger partial charge in [-0.05, 0) is 6.08 Å². The fraction of sp³-hybridized carbons (Fsp3) is 0.800. The maximum atomic E-state index is 4.76. The van der Waals surface area contributed by atoms with Crippen molar-refractivity contribution in [1.29, 1.82) is 0 Å². The molecule has 0 saturated carbocycles. The SMILES string of the molecule is C1=COCC1.CC.CC.CC. The van der Waals surface area contributed by atoms with Crippen LogP contribution in [0, 0.1) is 0 Å². The average molecular weight is 160 g/mol. The fourth-order valence-electron chi connectivity index (χ4n) is 0.340. The van der Waals surface area contributed by atoms with E-state index in [2.05, 4.69) is 0 Å². The summed E-state index contributed by atoms with van der Waals surface area (Å²) in [5.74, 6) is 0. The summed E-state index contributed by atoms with van der Waals surface area (Å²) in [5.41, 5.74) is 0. The fourth-order valence-corrected chi connectivity index (χ4v) is 0.340. The van der Waals surface area contributed by atoms with Crippen molar-refractivity contribution in [2.45, 2.75) is 48.0 Å². The number of rotatable bonds is 0. The highest BCUT2D eigenvalue weighted by Gasteiger charge is 1.83. The van der Waals surface area contributed by atoms with Crippen molar-refractivity contribution < 1.29 is 4.74 Å². The molecule has 0 atom stereocenters. The Morgan fingerprint density at radius 3 is 1.45 bits per heavy atom. The third kappa shape index (κ3) is 26.3. The minimum absolute atomic E-state index is 0.889. The van der Waals surface area contributed by atoms with E-state index in [1.165, 1.54) is 0 Å². The topological polar surface area (TPSA) is 9.23 Å². The Hall–Kier alpha value is -0.460. The normalized spacial score (nSPS) is 10.4. The van der Waals surface area contributed by atoms with Gasteiger partial charge >= 0.3 is 0 Å². The second-order valence-electron chi connectivity index (χ2n) is 1.03. The van der Waals surface area contributed by atoms with Gasteiger partial charge in [-0.3, -0.25) is 0 Å². The van der Waals surface area contributed by atoms with Crippen LogP contribution in [0.4, 0.5) is 0 Å². The third-order valence-electron chi connectivity index (χ3n) is 0.595. The van der Waals surface area contributed by atoms with E-state index >= 15 is 0 Å². The number of ether oxygens (including phenoxy) is 1. The van der Waals surface area contributed by atoms with Crippen LogP contribution in [-0.2, 0) is 4.74 Å². The van der Waals surface area contributed by atoms with Crippen molar-refractivity contribution in [3.8, 4) is 0 Å². The minimum atomic E-state index is 0.889. The summed E-state index contributed by atoms with van der Waals surface area (Å²) < 4.78 is 4.76. The second-order valence-corrected chi connectivity index (χ2v) is 1.03. The zero-order valence-electron chi connectivity index (χ0n) is 8.98. The highest BCUT2D eigenvalue weighted by molar-refractivity contribution is 4.78. The van der Waals surface area contributed by atoms with Crippen molar-refractivity contribution in [3.63, 3.8) is 0 Å². The molecule has 0 unspecified atom stereocenters. The quantitative estimate of drug-likeness (QED) is 0.520. The molecule has 1 heteroatoms. The van der Waals surface area contributed by atoms with E-state index in [-0.39, 0.29) is 0 Å². The highest BCUT2D eigenvalue weighted by Crippen LogP contribution is 1.93. The molecule has 0 aromatic carbocycles. The van der Waals surface area contributed by atoms with Crippen LogP contribution in [0.5, 0.6) is 0 Å². The molecule has 70 valence electrons. The molecule has 11 heavy (non-hydrogen) atoms. The largest absolute Gasteiger partial charge is 0.501 e. The Bertz CT molecular complexity index is 42.8. The summed E-state index contributed by atoms with van der Waals surface area (Å²) in [4.78, 5) is 0. The zero-order chi connectivity index (χ0) is 9.54. The van der Waals surface area contributed by atoms with Gasteiger partial charge in [-0.25, -0.2) is 0 Å². The van der Waals surface area contributed by atoms with Gasteiger partial charge in [-0.2, -0.15) is 0 Å². The second kappa shape index (κ2) is 33.8. The molecule has 0 aromatic heterocycles. The van der Waals surface area contributed by atoms with Crippen molar-refractivity contribution in [3.05, 3.63) is 12.3 Å². The molecule has 1 aliphatic heterocycles. The van der Waals surface area contributed by atoms with Crippen LogP contribution in [0.1, 0.15) is 48.0 Å². The van der Waals surface area contributed by atoms with E-state index in [0.717, 1.165) is 13.0 Å². The first-order valence-corrected chi connectivity index (χ1v) is 4.77. The maximum Gasteiger partial charge on any atom is 0.0908 e. The van der Waals surface area contributed by atoms with Gasteiger partial charge in [0, 0.05) is 6.42 Å². The molecule has 0 fully saturated rings. The molecule has 0 bridgehead atoms. The van der Waals surface area contributed by atoms with Crippen LogP contribution in [-0.4, -0.2) is 6.61 Å². The number of hydrogen-bond acceptors (Lipinski definition) is 1. The first kappa shape index (κ1) is 16.9. The van der Waals surface area contributed by atoms with Gasteiger partial charge in [-0.1, -0.05) is 41.5 Å². The predicted octanol–water partition coefficient (Wildman–Crippen LogP) is 4.00. The van der Waals surface area contributed by atoms with Gasteiger partial charge in [0.05, 0.1) is 12.9 Å². The van der Waals surface area contributed by atoms with E-state index in [9.17, 15) is 0 Å². The lowest BCUT2D eigenvalue weighted by Gasteiger charge is -1.79. The lowest BCUT2D eigenvalue weighted by Crippen LogP contribution is -1.70. The van der Waals surface area contributed by atoms with Crippen LogP contribution in [0.3, 0.4) is 0 Å². The smallest absolute Gasteiger partial charge is 0.0908 e. The molecule has 0 radical (unpaired) electrons. The van der Waals surface area contributed by atoms with Gasteiger partial charge in [0.1, 0.15) is 0 Å². The van der Waals surface area contributed by atoms with Gasteiger partial charge in [0.15, 0.2) is 0 Å². The Kier molecular flexibility index (Phi) is 51.8. The molecule has 0 saturated heterocycles. The van der Waals surface area contributed by atoms with Crippen LogP contribution < -0.4 is 0 Å². The summed E-state index contributed by atoms with van der Waals surface area (Å²) in [5, 5.41) is 0. The maximum absolute atomic E-state index is 4.76. The molecule has 1 aliphatic rings. The average Bonchev–Trinajstić information content (AvgIpc) is 2.71. The Morgan fingerprint density at radius 2 is 1.36 bits per heavy atom. The molecule has 0 N–H and O–H groups in total. The molecular formula is C10H24O. The van der Waals surface area contributed by atoms with Gasteiger partial charge in [-0.15, -0.1) is 0 Å². The third-order valence-corrected chi connectivity index (χ3v) is 0.595. The summed E-state index contributed by atoms with van der Waals surface area (Å²) in [7, 11) is 0. The van der Waals surface area contributed by atoms with Crippen LogP contribution in [0.15, 0.2) is 12.3 Å². The van der Waals surface area contributed by atoms with Crippen molar-refractivity contribution in [1.82, 2.24) is 0 Å². The highest BCUT2D eigenvalue weighted by atomic mass is 16.5. The molecule has 0 aliphatic carbocycles. The summed E-state index contributed by atoms with van der Waals surface area (Å²) in [6, 6.07) is 0. The molecule has 0 aromatic rings. The van der Waals surface area contributed by atoms with Crippen LogP contribution >= 0.6 is 0 Å². The first-order chi connectivity index (χ1) is 5.50. The first-order valence-electron chi connectivity index (χ1n) is 4.77. The lowest BCUT2D eigenvalue weighted by molar-refractivity contribution is 0.281. The molecule has 1 nitrogen and oxygen atoms in total. The summed E-state index contributed by atoms with van der Waals surface area (Å²) in [6.45, 7) is 12.9. The zero-order valence-corrected chi connectivity index (χ0v) is 8.98. The van der Waals surface area contributed by atoms with Crippen molar-refractivity contribution in [2.75, 3.05) is 6.61 Å².